The molecule has 116 valence electrons. The summed E-state index contributed by atoms with van der Waals surface area (Å²) >= 11 is 0. The van der Waals surface area contributed by atoms with Gasteiger partial charge in [-0.3, -0.25) is 9.69 Å². The number of rotatable bonds is 3. The van der Waals surface area contributed by atoms with Crippen LogP contribution in [0.25, 0.3) is 0 Å². The van der Waals surface area contributed by atoms with E-state index in [1.807, 2.05) is 6.92 Å². The standard InChI is InChI=1S/C16H30N2O2/c1-11-7-5-6-8-15(11)17-16(19)14(4)18-9-12(2)20-13(3)10-18/h11-15H,5-10H2,1-4H3,(H,17,19). The first-order valence-corrected chi connectivity index (χ1v) is 8.17. The van der Waals surface area contributed by atoms with E-state index in [1.54, 1.807) is 0 Å². The van der Waals surface area contributed by atoms with Crippen LogP contribution in [0.2, 0.25) is 0 Å². The van der Waals surface area contributed by atoms with Crippen molar-refractivity contribution in [3.8, 4) is 0 Å². The Morgan fingerprint density at radius 2 is 1.75 bits per heavy atom. The largest absolute Gasteiger partial charge is 0.373 e. The van der Waals surface area contributed by atoms with E-state index in [9.17, 15) is 4.79 Å². The molecule has 0 aromatic carbocycles. The summed E-state index contributed by atoms with van der Waals surface area (Å²) in [7, 11) is 0. The molecule has 1 saturated heterocycles. The number of morpholine rings is 1. The zero-order valence-electron chi connectivity index (χ0n) is 13.4. The monoisotopic (exact) mass is 282 g/mol. The molecule has 2 rings (SSSR count). The van der Waals surface area contributed by atoms with E-state index in [2.05, 4.69) is 31.0 Å². The predicted octanol–water partition coefficient (Wildman–Crippen LogP) is 2.18. The van der Waals surface area contributed by atoms with E-state index < -0.39 is 0 Å². The maximum absolute atomic E-state index is 12.5. The number of ether oxygens (including phenoxy) is 1. The van der Waals surface area contributed by atoms with Crippen molar-refractivity contribution in [3.63, 3.8) is 0 Å². The van der Waals surface area contributed by atoms with Crippen molar-refractivity contribution < 1.29 is 9.53 Å². The average Bonchev–Trinajstić information content (AvgIpc) is 2.39. The van der Waals surface area contributed by atoms with Crippen LogP contribution < -0.4 is 5.32 Å². The molecular formula is C16H30N2O2. The average molecular weight is 282 g/mol. The molecule has 1 saturated carbocycles. The molecule has 1 aliphatic heterocycles. The van der Waals surface area contributed by atoms with Crippen LogP contribution in [0.3, 0.4) is 0 Å². The van der Waals surface area contributed by atoms with Crippen LogP contribution in [0.15, 0.2) is 0 Å². The zero-order valence-corrected chi connectivity index (χ0v) is 13.4. The molecular weight excluding hydrogens is 252 g/mol. The van der Waals surface area contributed by atoms with Gasteiger partial charge in [-0.15, -0.1) is 0 Å². The first kappa shape index (κ1) is 15.8. The minimum absolute atomic E-state index is 0.0575. The molecule has 4 heteroatoms. The number of carbonyl (C=O) groups is 1. The quantitative estimate of drug-likeness (QED) is 0.862. The molecule has 20 heavy (non-hydrogen) atoms. The predicted molar refractivity (Wildman–Crippen MR) is 80.6 cm³/mol. The topological polar surface area (TPSA) is 41.6 Å². The van der Waals surface area contributed by atoms with Gasteiger partial charge in [0.2, 0.25) is 5.91 Å². The van der Waals surface area contributed by atoms with Crippen molar-refractivity contribution in [2.24, 2.45) is 5.92 Å². The molecule has 1 heterocycles. The maximum Gasteiger partial charge on any atom is 0.237 e. The highest BCUT2D eigenvalue weighted by Crippen LogP contribution is 2.24. The lowest BCUT2D eigenvalue weighted by atomic mass is 9.86. The first-order chi connectivity index (χ1) is 9.47. The van der Waals surface area contributed by atoms with Crippen LogP contribution >= 0.6 is 0 Å². The number of hydrogen-bond acceptors (Lipinski definition) is 3. The van der Waals surface area contributed by atoms with E-state index in [4.69, 9.17) is 4.74 Å². The summed E-state index contributed by atoms with van der Waals surface area (Å²) in [5.41, 5.74) is 0. The molecule has 2 fully saturated rings. The van der Waals surface area contributed by atoms with Gasteiger partial charge in [-0.05, 0) is 39.5 Å². The van der Waals surface area contributed by atoms with Gasteiger partial charge in [0.05, 0.1) is 18.2 Å². The van der Waals surface area contributed by atoms with Crippen LogP contribution in [0.5, 0.6) is 0 Å². The minimum Gasteiger partial charge on any atom is -0.373 e. The first-order valence-electron chi connectivity index (χ1n) is 8.17. The lowest BCUT2D eigenvalue weighted by molar-refractivity contribution is -0.133. The van der Waals surface area contributed by atoms with Crippen molar-refractivity contribution in [1.29, 1.82) is 0 Å². The van der Waals surface area contributed by atoms with Crippen molar-refractivity contribution in [3.05, 3.63) is 0 Å². The molecule has 2 aliphatic rings. The zero-order chi connectivity index (χ0) is 14.7. The van der Waals surface area contributed by atoms with E-state index in [-0.39, 0.29) is 24.2 Å². The third-order valence-corrected chi connectivity index (χ3v) is 4.81. The highest BCUT2D eigenvalue weighted by molar-refractivity contribution is 5.81. The van der Waals surface area contributed by atoms with E-state index in [0.29, 0.717) is 12.0 Å². The summed E-state index contributed by atoms with van der Waals surface area (Å²) in [6.07, 6.45) is 5.35. The van der Waals surface area contributed by atoms with Crippen molar-refractivity contribution in [2.45, 2.75) is 77.7 Å². The van der Waals surface area contributed by atoms with Gasteiger partial charge in [0.1, 0.15) is 0 Å². The summed E-state index contributed by atoms with van der Waals surface area (Å²) in [4.78, 5) is 14.7. The molecule has 0 spiro atoms. The van der Waals surface area contributed by atoms with Crippen LogP contribution in [-0.2, 0) is 9.53 Å². The SMILES string of the molecule is CC1CN(C(C)C(=O)NC2CCCCC2C)CC(C)O1. The lowest BCUT2D eigenvalue weighted by Gasteiger charge is -2.39. The smallest absolute Gasteiger partial charge is 0.237 e. The molecule has 0 bridgehead atoms. The van der Waals surface area contributed by atoms with Gasteiger partial charge in [-0.2, -0.15) is 0 Å². The molecule has 4 nitrogen and oxygen atoms in total. The molecule has 0 radical (unpaired) electrons. The second-order valence-electron chi connectivity index (χ2n) is 6.76. The maximum atomic E-state index is 12.5. The Bertz CT molecular complexity index is 324. The number of nitrogens with zero attached hydrogens (tertiary/aromatic N) is 1. The van der Waals surface area contributed by atoms with Gasteiger partial charge in [0, 0.05) is 19.1 Å². The Morgan fingerprint density at radius 3 is 2.35 bits per heavy atom. The Balaban J connectivity index is 1.87. The van der Waals surface area contributed by atoms with E-state index >= 15 is 0 Å². The fourth-order valence-corrected chi connectivity index (χ4v) is 3.53. The van der Waals surface area contributed by atoms with Crippen molar-refractivity contribution >= 4 is 5.91 Å². The second-order valence-corrected chi connectivity index (χ2v) is 6.76. The molecule has 0 aromatic rings. The molecule has 5 unspecified atom stereocenters. The Morgan fingerprint density at radius 1 is 1.15 bits per heavy atom. The summed E-state index contributed by atoms with van der Waals surface area (Å²) in [5, 5.41) is 3.27. The molecule has 5 atom stereocenters. The van der Waals surface area contributed by atoms with Gasteiger partial charge in [0.15, 0.2) is 0 Å². The number of carbonyl (C=O) groups excluding carboxylic acids is 1. The summed E-state index contributed by atoms with van der Waals surface area (Å²) in [6.45, 7) is 10.1. The third-order valence-electron chi connectivity index (χ3n) is 4.81. The number of hydrogen-bond donors (Lipinski definition) is 1. The summed E-state index contributed by atoms with van der Waals surface area (Å²) in [5.74, 6) is 0.799. The van der Waals surface area contributed by atoms with Gasteiger partial charge in [-0.25, -0.2) is 0 Å². The Kier molecular flexibility index (Phi) is 5.44. The van der Waals surface area contributed by atoms with Gasteiger partial charge in [0.25, 0.3) is 0 Å². The number of nitrogens with one attached hydrogen (secondary N) is 1. The lowest BCUT2D eigenvalue weighted by Crippen LogP contribution is -2.55. The van der Waals surface area contributed by atoms with Crippen molar-refractivity contribution in [1.82, 2.24) is 10.2 Å². The molecule has 1 amide bonds. The van der Waals surface area contributed by atoms with Crippen LogP contribution in [0, 0.1) is 5.92 Å². The van der Waals surface area contributed by atoms with Gasteiger partial charge in [-0.1, -0.05) is 19.8 Å². The minimum atomic E-state index is -0.0575. The highest BCUT2D eigenvalue weighted by Gasteiger charge is 2.31. The van der Waals surface area contributed by atoms with Crippen molar-refractivity contribution in [2.75, 3.05) is 13.1 Å². The fraction of sp³-hybridized carbons (Fsp3) is 0.938. The van der Waals surface area contributed by atoms with E-state index in [1.165, 1.54) is 19.3 Å². The summed E-state index contributed by atoms with van der Waals surface area (Å²) < 4.78 is 5.74. The highest BCUT2D eigenvalue weighted by atomic mass is 16.5. The Hall–Kier alpha value is -0.610. The third kappa shape index (κ3) is 3.95. The Labute approximate surface area is 123 Å². The van der Waals surface area contributed by atoms with Crippen LogP contribution in [0.1, 0.15) is 53.4 Å². The molecule has 1 N–H and O–H groups in total. The van der Waals surface area contributed by atoms with Gasteiger partial charge < -0.3 is 10.1 Å². The number of amides is 1. The van der Waals surface area contributed by atoms with Crippen LogP contribution in [-0.4, -0.2) is 48.2 Å². The van der Waals surface area contributed by atoms with Gasteiger partial charge >= 0.3 is 0 Å². The van der Waals surface area contributed by atoms with E-state index in [0.717, 1.165) is 19.5 Å². The summed E-state index contributed by atoms with van der Waals surface area (Å²) in [6, 6.07) is 0.313. The normalized spacial score (nSPS) is 37.4. The van der Waals surface area contributed by atoms with Crippen LogP contribution in [0.4, 0.5) is 0 Å². The fourth-order valence-electron chi connectivity index (χ4n) is 3.53. The molecule has 1 aliphatic carbocycles. The molecule has 0 aromatic heterocycles. The second kappa shape index (κ2) is 6.90.